The summed E-state index contributed by atoms with van der Waals surface area (Å²) in [5.41, 5.74) is -0.694. The Morgan fingerprint density at radius 1 is 1.56 bits per heavy atom. The Hall–Kier alpha value is -0.160. The average molecular weight is 229 g/mol. The summed E-state index contributed by atoms with van der Waals surface area (Å²) in [6.45, 7) is 3.95. The number of hydrogen-bond acceptors (Lipinski definition) is 4. The van der Waals surface area contributed by atoms with E-state index >= 15 is 0 Å². The van der Waals surface area contributed by atoms with Crippen molar-refractivity contribution in [3.8, 4) is 0 Å². The van der Waals surface area contributed by atoms with Crippen LogP contribution in [0.1, 0.15) is 26.2 Å². The van der Waals surface area contributed by atoms with E-state index in [1.165, 1.54) is 12.8 Å². The predicted molar refractivity (Wildman–Crippen MR) is 61.4 cm³/mol. The van der Waals surface area contributed by atoms with E-state index in [1.807, 2.05) is 6.92 Å². The van der Waals surface area contributed by atoms with E-state index in [2.05, 4.69) is 5.32 Å². The maximum absolute atomic E-state index is 10.4. The number of rotatable bonds is 6. The lowest BCUT2D eigenvalue weighted by atomic mass is 9.96. The van der Waals surface area contributed by atoms with Crippen LogP contribution in [-0.2, 0) is 9.47 Å². The van der Waals surface area contributed by atoms with Crippen LogP contribution >= 0.6 is 0 Å². The Morgan fingerprint density at radius 3 is 2.81 bits per heavy atom. The largest absolute Gasteiger partial charge is 0.386 e. The van der Waals surface area contributed by atoms with Crippen molar-refractivity contribution in [3.05, 3.63) is 0 Å². The lowest BCUT2D eigenvalue weighted by molar-refractivity contribution is -0.0295. The molecule has 1 aliphatic heterocycles. The van der Waals surface area contributed by atoms with E-state index < -0.39 is 5.60 Å². The van der Waals surface area contributed by atoms with Gasteiger partial charge in [0.15, 0.2) is 0 Å². The van der Waals surface area contributed by atoms with Crippen LogP contribution in [0, 0.1) is 5.92 Å². The molecule has 0 amide bonds. The van der Waals surface area contributed by atoms with Crippen molar-refractivity contribution < 1.29 is 14.6 Å². The van der Waals surface area contributed by atoms with Crippen LogP contribution in [-0.4, -0.2) is 49.7 Å². The summed E-state index contributed by atoms with van der Waals surface area (Å²) in [4.78, 5) is 0. The quantitative estimate of drug-likeness (QED) is 0.698. The van der Waals surface area contributed by atoms with Gasteiger partial charge in [0.2, 0.25) is 0 Å². The van der Waals surface area contributed by atoms with Crippen LogP contribution in [0.2, 0.25) is 0 Å². The molecule has 0 aromatic heterocycles. The molecule has 0 bridgehead atoms. The van der Waals surface area contributed by atoms with E-state index in [1.54, 1.807) is 7.11 Å². The van der Waals surface area contributed by atoms with Gasteiger partial charge in [0.1, 0.15) is 5.60 Å². The predicted octanol–water partition coefficient (Wildman–Crippen LogP) is 0.541. The van der Waals surface area contributed by atoms with Crippen molar-refractivity contribution in [3.63, 3.8) is 0 Å². The number of aliphatic hydroxyl groups is 1. The van der Waals surface area contributed by atoms with E-state index in [9.17, 15) is 5.11 Å². The summed E-state index contributed by atoms with van der Waals surface area (Å²) < 4.78 is 10.6. The first-order valence-corrected chi connectivity index (χ1v) is 6.22. The molecule has 1 heterocycles. The summed E-state index contributed by atoms with van der Waals surface area (Å²) >= 11 is 0. The minimum Gasteiger partial charge on any atom is -0.386 e. The molecule has 2 rings (SSSR count). The van der Waals surface area contributed by atoms with Crippen molar-refractivity contribution >= 4 is 0 Å². The molecule has 1 saturated heterocycles. The first-order valence-electron chi connectivity index (χ1n) is 6.22. The average Bonchev–Trinajstić information content (AvgIpc) is 3.03. The highest BCUT2D eigenvalue weighted by Crippen LogP contribution is 2.33. The van der Waals surface area contributed by atoms with Crippen molar-refractivity contribution in [2.75, 3.05) is 26.9 Å². The third kappa shape index (κ3) is 2.74. The molecule has 2 fully saturated rings. The summed E-state index contributed by atoms with van der Waals surface area (Å²) in [7, 11) is 1.73. The summed E-state index contributed by atoms with van der Waals surface area (Å²) in [6, 6.07) is 0.391. The zero-order valence-corrected chi connectivity index (χ0v) is 10.2. The molecule has 0 radical (unpaired) electrons. The molecule has 4 heteroatoms. The van der Waals surface area contributed by atoms with Crippen molar-refractivity contribution in [1.82, 2.24) is 5.32 Å². The number of ether oxygens (including phenoxy) is 2. The molecular formula is C12H23NO3. The van der Waals surface area contributed by atoms with Gasteiger partial charge in [0.05, 0.1) is 12.7 Å². The van der Waals surface area contributed by atoms with Crippen molar-refractivity contribution in [2.45, 2.75) is 43.9 Å². The zero-order chi connectivity index (χ0) is 11.6. The highest BCUT2D eigenvalue weighted by atomic mass is 16.5. The summed E-state index contributed by atoms with van der Waals surface area (Å²) in [5, 5.41) is 13.8. The Bertz CT molecular complexity index is 232. The standard InChI is InChI=1S/C12H23NO3/c1-9-12(14,5-6-16-9)8-13-11(7-15-2)10-3-4-10/h9-11,13-14H,3-8H2,1-2H3. The molecule has 94 valence electrons. The molecule has 0 aromatic rings. The van der Waals surface area contributed by atoms with Gasteiger partial charge in [0, 0.05) is 32.7 Å². The second-order valence-electron chi connectivity index (χ2n) is 5.15. The minimum atomic E-state index is -0.694. The minimum absolute atomic E-state index is 0.0672. The lowest BCUT2D eigenvalue weighted by Crippen LogP contribution is -2.50. The smallest absolute Gasteiger partial charge is 0.105 e. The summed E-state index contributed by atoms with van der Waals surface area (Å²) in [5.74, 6) is 0.737. The van der Waals surface area contributed by atoms with E-state index in [0.717, 1.165) is 18.9 Å². The van der Waals surface area contributed by atoms with Crippen LogP contribution in [0.4, 0.5) is 0 Å². The van der Waals surface area contributed by atoms with Crippen LogP contribution in [0.5, 0.6) is 0 Å². The van der Waals surface area contributed by atoms with Gasteiger partial charge < -0.3 is 19.9 Å². The molecule has 2 N–H and O–H groups in total. The highest BCUT2D eigenvalue weighted by molar-refractivity contribution is 4.94. The third-order valence-electron chi connectivity index (χ3n) is 3.87. The third-order valence-corrected chi connectivity index (χ3v) is 3.87. The van der Waals surface area contributed by atoms with Crippen LogP contribution in [0.15, 0.2) is 0 Å². The normalized spacial score (nSPS) is 36.6. The Labute approximate surface area is 97.3 Å². The SMILES string of the molecule is COCC(NCC1(O)CCOC1C)C1CC1. The van der Waals surface area contributed by atoms with E-state index in [-0.39, 0.29) is 6.10 Å². The number of nitrogens with one attached hydrogen (secondary N) is 1. The van der Waals surface area contributed by atoms with Gasteiger partial charge in [0.25, 0.3) is 0 Å². The first kappa shape index (κ1) is 12.3. The van der Waals surface area contributed by atoms with Crippen molar-refractivity contribution in [1.29, 1.82) is 0 Å². The van der Waals surface area contributed by atoms with Gasteiger partial charge in [-0.2, -0.15) is 0 Å². The van der Waals surface area contributed by atoms with Gasteiger partial charge in [-0.25, -0.2) is 0 Å². The second-order valence-corrected chi connectivity index (χ2v) is 5.15. The maximum atomic E-state index is 10.4. The molecule has 16 heavy (non-hydrogen) atoms. The monoisotopic (exact) mass is 229 g/mol. The van der Waals surface area contributed by atoms with Gasteiger partial charge in [-0.15, -0.1) is 0 Å². The van der Waals surface area contributed by atoms with E-state index in [4.69, 9.17) is 9.47 Å². The molecule has 1 aliphatic carbocycles. The molecular weight excluding hydrogens is 206 g/mol. The van der Waals surface area contributed by atoms with Gasteiger partial charge >= 0.3 is 0 Å². The second kappa shape index (κ2) is 5.00. The molecule has 4 nitrogen and oxygen atoms in total. The molecule has 2 aliphatic rings. The fourth-order valence-electron chi connectivity index (χ4n) is 2.35. The number of hydrogen-bond donors (Lipinski definition) is 2. The van der Waals surface area contributed by atoms with Gasteiger partial charge in [-0.1, -0.05) is 0 Å². The fraction of sp³-hybridized carbons (Fsp3) is 1.00. The van der Waals surface area contributed by atoms with Crippen molar-refractivity contribution in [2.24, 2.45) is 5.92 Å². The molecule has 0 aromatic carbocycles. The van der Waals surface area contributed by atoms with E-state index in [0.29, 0.717) is 19.2 Å². The topological polar surface area (TPSA) is 50.7 Å². The van der Waals surface area contributed by atoms with Crippen LogP contribution in [0.25, 0.3) is 0 Å². The highest BCUT2D eigenvalue weighted by Gasteiger charge is 2.41. The molecule has 0 spiro atoms. The Balaban J connectivity index is 1.80. The Morgan fingerprint density at radius 2 is 2.31 bits per heavy atom. The molecule has 3 atom stereocenters. The first-order chi connectivity index (χ1) is 7.65. The molecule has 3 unspecified atom stereocenters. The zero-order valence-electron chi connectivity index (χ0n) is 10.2. The Kier molecular flexibility index (Phi) is 3.85. The summed E-state index contributed by atoms with van der Waals surface area (Å²) in [6.07, 6.45) is 3.23. The molecule has 1 saturated carbocycles. The van der Waals surface area contributed by atoms with Crippen LogP contribution in [0.3, 0.4) is 0 Å². The fourth-order valence-corrected chi connectivity index (χ4v) is 2.35. The maximum Gasteiger partial charge on any atom is 0.105 e. The van der Waals surface area contributed by atoms with Gasteiger partial charge in [-0.3, -0.25) is 0 Å². The lowest BCUT2D eigenvalue weighted by Gasteiger charge is -2.29. The van der Waals surface area contributed by atoms with Gasteiger partial charge in [-0.05, 0) is 25.7 Å². The number of methoxy groups -OCH3 is 1. The van der Waals surface area contributed by atoms with Crippen LogP contribution < -0.4 is 5.32 Å².